The maximum atomic E-state index is 11.8. The van der Waals surface area contributed by atoms with Crippen LogP contribution in [0, 0.1) is 5.41 Å². The first-order valence-corrected chi connectivity index (χ1v) is 5.73. The Balaban J connectivity index is 2.53. The van der Waals surface area contributed by atoms with Crippen LogP contribution in [0.2, 0.25) is 0 Å². The first kappa shape index (κ1) is 13.2. The van der Waals surface area contributed by atoms with Crippen LogP contribution in [0.15, 0.2) is 0 Å². The minimum Gasteiger partial charge on any atom is -0.377 e. The summed E-state index contributed by atoms with van der Waals surface area (Å²) in [5.41, 5.74) is 0.203. The Morgan fingerprint density at radius 1 is 1.44 bits per heavy atom. The number of likely N-dealkylation sites (tertiary alicyclic amines) is 1. The molecule has 0 radical (unpaired) electrons. The normalized spacial score (nSPS) is 20.7. The molecule has 4 heteroatoms. The Labute approximate surface area is 96.9 Å². The molecule has 0 spiro atoms. The molecule has 0 aromatic rings. The highest BCUT2D eigenvalue weighted by Crippen LogP contribution is 2.30. The van der Waals surface area contributed by atoms with E-state index in [1.165, 1.54) is 7.11 Å². The van der Waals surface area contributed by atoms with Crippen LogP contribution in [0.3, 0.4) is 0 Å². The van der Waals surface area contributed by atoms with E-state index < -0.39 is 0 Å². The molecule has 92 valence electrons. The lowest BCUT2D eigenvalue weighted by Gasteiger charge is -2.22. The molecule has 1 rings (SSSR count). The summed E-state index contributed by atoms with van der Waals surface area (Å²) >= 11 is 0. The minimum atomic E-state index is -0.0319. The Morgan fingerprint density at radius 3 is 2.75 bits per heavy atom. The van der Waals surface area contributed by atoms with Crippen molar-refractivity contribution in [1.82, 2.24) is 4.90 Å². The van der Waals surface area contributed by atoms with Gasteiger partial charge in [0.05, 0.1) is 6.54 Å². The van der Waals surface area contributed by atoms with Crippen LogP contribution in [-0.4, -0.2) is 43.4 Å². The van der Waals surface area contributed by atoms with Crippen molar-refractivity contribution in [2.24, 2.45) is 5.41 Å². The lowest BCUT2D eigenvalue weighted by Crippen LogP contribution is -2.36. The highest BCUT2D eigenvalue weighted by Gasteiger charge is 2.28. The molecule has 0 bridgehead atoms. The molecule has 1 aliphatic heterocycles. The second-order valence-electron chi connectivity index (χ2n) is 5.20. The van der Waals surface area contributed by atoms with Gasteiger partial charge in [0.2, 0.25) is 5.91 Å². The van der Waals surface area contributed by atoms with Gasteiger partial charge in [-0.3, -0.25) is 9.59 Å². The van der Waals surface area contributed by atoms with Gasteiger partial charge in [0, 0.05) is 20.1 Å². The average Bonchev–Trinajstić information content (AvgIpc) is 2.31. The van der Waals surface area contributed by atoms with Crippen molar-refractivity contribution in [3.8, 4) is 0 Å². The van der Waals surface area contributed by atoms with Crippen molar-refractivity contribution < 1.29 is 14.3 Å². The van der Waals surface area contributed by atoms with Crippen LogP contribution in [-0.2, 0) is 14.3 Å². The zero-order valence-corrected chi connectivity index (χ0v) is 10.4. The minimum absolute atomic E-state index is 0.0319. The molecule has 0 aromatic carbocycles. The maximum Gasteiger partial charge on any atom is 0.222 e. The van der Waals surface area contributed by atoms with Gasteiger partial charge in [0.15, 0.2) is 5.78 Å². The summed E-state index contributed by atoms with van der Waals surface area (Å²) in [5.74, 6) is 0.0607. The topological polar surface area (TPSA) is 46.6 Å². The molecule has 4 nitrogen and oxygen atoms in total. The number of amides is 1. The number of carbonyl (C=O) groups is 2. The molecule has 1 heterocycles. The average molecular weight is 227 g/mol. The second kappa shape index (κ2) is 5.43. The molecule has 0 saturated carbocycles. The van der Waals surface area contributed by atoms with Crippen molar-refractivity contribution in [1.29, 1.82) is 0 Å². The largest absolute Gasteiger partial charge is 0.377 e. The molecule has 0 N–H and O–H groups in total. The number of carbonyl (C=O) groups excluding carboxylic acids is 2. The molecule has 0 aliphatic carbocycles. The van der Waals surface area contributed by atoms with Gasteiger partial charge >= 0.3 is 0 Å². The summed E-state index contributed by atoms with van der Waals surface area (Å²) in [6.45, 7) is 5.30. The van der Waals surface area contributed by atoms with E-state index in [4.69, 9.17) is 4.74 Å². The summed E-state index contributed by atoms with van der Waals surface area (Å²) in [7, 11) is 1.49. The third-order valence-corrected chi connectivity index (χ3v) is 3.10. The van der Waals surface area contributed by atoms with Crippen LogP contribution < -0.4 is 0 Å². The Morgan fingerprint density at radius 2 is 2.12 bits per heavy atom. The van der Waals surface area contributed by atoms with Gasteiger partial charge in [-0.2, -0.15) is 0 Å². The van der Waals surface area contributed by atoms with Gasteiger partial charge in [0.1, 0.15) is 6.61 Å². The van der Waals surface area contributed by atoms with E-state index in [-0.39, 0.29) is 30.3 Å². The van der Waals surface area contributed by atoms with Gasteiger partial charge in [-0.25, -0.2) is 0 Å². The first-order chi connectivity index (χ1) is 7.44. The van der Waals surface area contributed by atoms with E-state index in [0.29, 0.717) is 13.0 Å². The van der Waals surface area contributed by atoms with Gasteiger partial charge in [0.25, 0.3) is 0 Å². The number of rotatable bonds is 4. The predicted octanol–water partition coefficient (Wildman–Crippen LogP) is 1.24. The number of ether oxygens (including phenoxy) is 1. The number of Topliss-reactive ketones (excluding diaryl/α,β-unsaturated/α-hetero) is 1. The number of hydrogen-bond acceptors (Lipinski definition) is 3. The van der Waals surface area contributed by atoms with Gasteiger partial charge in [-0.1, -0.05) is 13.8 Å². The summed E-state index contributed by atoms with van der Waals surface area (Å²) in [6.07, 6.45) is 2.41. The maximum absolute atomic E-state index is 11.8. The Hall–Kier alpha value is -0.900. The molecule has 16 heavy (non-hydrogen) atoms. The fraction of sp³-hybridized carbons (Fsp3) is 0.833. The van der Waals surface area contributed by atoms with E-state index in [2.05, 4.69) is 13.8 Å². The summed E-state index contributed by atoms with van der Waals surface area (Å²) in [5, 5.41) is 0. The number of nitrogens with zero attached hydrogens (tertiary/aromatic N) is 1. The number of methoxy groups -OCH3 is 1. The third kappa shape index (κ3) is 3.93. The van der Waals surface area contributed by atoms with E-state index in [9.17, 15) is 9.59 Å². The van der Waals surface area contributed by atoms with Crippen molar-refractivity contribution in [2.75, 3.05) is 26.8 Å². The van der Waals surface area contributed by atoms with E-state index in [1.54, 1.807) is 4.90 Å². The fourth-order valence-electron chi connectivity index (χ4n) is 1.88. The van der Waals surface area contributed by atoms with Crippen molar-refractivity contribution in [2.45, 2.75) is 33.1 Å². The molecule has 0 atom stereocenters. The standard InChI is InChI=1S/C12H21NO3/c1-12(2)5-4-11(15)13(7-6-12)8-10(14)9-16-3/h4-9H2,1-3H3. The molecular formula is C12H21NO3. The molecule has 1 amide bonds. The Bertz CT molecular complexity index is 273. The van der Waals surface area contributed by atoms with E-state index >= 15 is 0 Å². The molecular weight excluding hydrogens is 206 g/mol. The van der Waals surface area contributed by atoms with Crippen molar-refractivity contribution in [3.05, 3.63) is 0 Å². The molecule has 1 saturated heterocycles. The molecule has 1 fully saturated rings. The van der Waals surface area contributed by atoms with Crippen LogP contribution in [0.4, 0.5) is 0 Å². The monoisotopic (exact) mass is 227 g/mol. The fourth-order valence-corrected chi connectivity index (χ4v) is 1.88. The molecule has 0 aromatic heterocycles. The van der Waals surface area contributed by atoms with Crippen molar-refractivity contribution >= 4 is 11.7 Å². The first-order valence-electron chi connectivity index (χ1n) is 5.73. The van der Waals surface area contributed by atoms with Crippen LogP contribution in [0.25, 0.3) is 0 Å². The van der Waals surface area contributed by atoms with Crippen molar-refractivity contribution in [3.63, 3.8) is 0 Å². The third-order valence-electron chi connectivity index (χ3n) is 3.10. The lowest BCUT2D eigenvalue weighted by molar-refractivity contribution is -0.136. The molecule has 0 unspecified atom stereocenters. The Kier molecular flexibility index (Phi) is 4.47. The highest BCUT2D eigenvalue weighted by molar-refractivity contribution is 5.87. The van der Waals surface area contributed by atoms with Crippen LogP contribution >= 0.6 is 0 Å². The van der Waals surface area contributed by atoms with E-state index in [0.717, 1.165) is 12.8 Å². The molecule has 1 aliphatic rings. The predicted molar refractivity (Wildman–Crippen MR) is 61.1 cm³/mol. The zero-order valence-electron chi connectivity index (χ0n) is 10.4. The summed E-state index contributed by atoms with van der Waals surface area (Å²) in [4.78, 5) is 24.8. The lowest BCUT2D eigenvalue weighted by atomic mass is 9.85. The SMILES string of the molecule is COCC(=O)CN1CCC(C)(C)CCC1=O. The quantitative estimate of drug-likeness (QED) is 0.726. The van der Waals surface area contributed by atoms with Crippen LogP contribution in [0.5, 0.6) is 0 Å². The van der Waals surface area contributed by atoms with Gasteiger partial charge < -0.3 is 9.64 Å². The smallest absolute Gasteiger partial charge is 0.222 e. The number of hydrogen-bond donors (Lipinski definition) is 0. The number of ketones is 1. The van der Waals surface area contributed by atoms with Gasteiger partial charge in [-0.05, 0) is 18.3 Å². The van der Waals surface area contributed by atoms with Gasteiger partial charge in [-0.15, -0.1) is 0 Å². The summed E-state index contributed by atoms with van der Waals surface area (Å²) < 4.78 is 4.77. The second-order valence-corrected chi connectivity index (χ2v) is 5.20. The van der Waals surface area contributed by atoms with E-state index in [1.807, 2.05) is 0 Å². The zero-order chi connectivity index (χ0) is 12.2. The highest BCUT2D eigenvalue weighted by atomic mass is 16.5. The summed E-state index contributed by atoms with van der Waals surface area (Å²) in [6, 6.07) is 0. The van der Waals surface area contributed by atoms with Crippen LogP contribution in [0.1, 0.15) is 33.1 Å².